The number of hydrogen-bond donors (Lipinski definition) is 1. The molecule has 0 bridgehead atoms. The standard InChI is InChI=1S/C7H10F2N2S/c1-7(8,9)5-4-12-6(11-5)3-10-2/h4,10H,3H2,1-2H3. The molecule has 0 saturated heterocycles. The van der Waals surface area contributed by atoms with Crippen LogP contribution in [0.4, 0.5) is 8.78 Å². The first-order valence-electron chi connectivity index (χ1n) is 3.51. The highest BCUT2D eigenvalue weighted by Crippen LogP contribution is 2.27. The van der Waals surface area contributed by atoms with Gasteiger partial charge in [-0.15, -0.1) is 11.3 Å². The maximum Gasteiger partial charge on any atom is 0.287 e. The molecule has 1 heterocycles. The number of nitrogens with one attached hydrogen (secondary N) is 1. The molecule has 1 aromatic rings. The van der Waals surface area contributed by atoms with E-state index >= 15 is 0 Å². The Balaban J connectivity index is 2.77. The molecule has 1 rings (SSSR count). The van der Waals surface area contributed by atoms with Gasteiger partial charge in [0.2, 0.25) is 0 Å². The molecule has 0 fully saturated rings. The van der Waals surface area contributed by atoms with E-state index in [-0.39, 0.29) is 5.69 Å². The normalized spacial score (nSPS) is 12.0. The molecule has 2 nitrogen and oxygen atoms in total. The van der Waals surface area contributed by atoms with Crippen LogP contribution < -0.4 is 5.32 Å². The van der Waals surface area contributed by atoms with Crippen LogP contribution in [0.1, 0.15) is 17.6 Å². The summed E-state index contributed by atoms with van der Waals surface area (Å²) in [6.45, 7) is 1.39. The van der Waals surface area contributed by atoms with Crippen LogP contribution in [-0.4, -0.2) is 12.0 Å². The summed E-state index contributed by atoms with van der Waals surface area (Å²) in [5.41, 5.74) is -0.141. The van der Waals surface area contributed by atoms with Gasteiger partial charge in [-0.25, -0.2) is 4.98 Å². The third kappa shape index (κ3) is 2.22. The van der Waals surface area contributed by atoms with Crippen molar-refractivity contribution in [1.82, 2.24) is 10.3 Å². The Morgan fingerprint density at radius 3 is 2.75 bits per heavy atom. The topological polar surface area (TPSA) is 24.9 Å². The Morgan fingerprint density at radius 1 is 1.67 bits per heavy atom. The Morgan fingerprint density at radius 2 is 2.33 bits per heavy atom. The lowest BCUT2D eigenvalue weighted by Gasteiger charge is -2.04. The fraction of sp³-hybridized carbons (Fsp3) is 0.571. The average Bonchev–Trinajstić information content (AvgIpc) is 2.35. The molecule has 0 spiro atoms. The molecule has 0 aliphatic heterocycles. The van der Waals surface area contributed by atoms with Crippen LogP contribution in [0.2, 0.25) is 0 Å². The summed E-state index contributed by atoms with van der Waals surface area (Å²) in [5, 5.41) is 4.94. The van der Waals surface area contributed by atoms with E-state index in [0.29, 0.717) is 11.6 Å². The minimum Gasteiger partial charge on any atom is -0.314 e. The Bertz CT molecular complexity index is 254. The van der Waals surface area contributed by atoms with Crippen molar-refractivity contribution < 1.29 is 8.78 Å². The lowest BCUT2D eigenvalue weighted by atomic mass is 10.3. The van der Waals surface area contributed by atoms with Crippen molar-refractivity contribution in [3.63, 3.8) is 0 Å². The molecule has 0 radical (unpaired) electrons. The van der Waals surface area contributed by atoms with E-state index in [1.807, 2.05) is 0 Å². The number of aromatic nitrogens is 1. The predicted molar refractivity (Wildman–Crippen MR) is 44.4 cm³/mol. The van der Waals surface area contributed by atoms with Gasteiger partial charge in [-0.2, -0.15) is 8.78 Å². The summed E-state index contributed by atoms with van der Waals surface area (Å²) < 4.78 is 25.3. The molecule has 0 saturated carbocycles. The van der Waals surface area contributed by atoms with Gasteiger partial charge in [0.25, 0.3) is 5.92 Å². The zero-order chi connectivity index (χ0) is 9.19. The zero-order valence-corrected chi connectivity index (χ0v) is 7.71. The summed E-state index contributed by atoms with van der Waals surface area (Å²) in [4.78, 5) is 3.78. The number of alkyl halides is 2. The van der Waals surface area contributed by atoms with Crippen LogP contribution in [-0.2, 0) is 12.5 Å². The van der Waals surface area contributed by atoms with Crippen LogP contribution in [0.15, 0.2) is 5.38 Å². The maximum atomic E-state index is 12.6. The van der Waals surface area contributed by atoms with E-state index in [1.165, 1.54) is 16.7 Å². The molecule has 68 valence electrons. The van der Waals surface area contributed by atoms with Crippen molar-refractivity contribution in [3.8, 4) is 0 Å². The van der Waals surface area contributed by atoms with E-state index in [1.54, 1.807) is 7.05 Å². The Hall–Kier alpha value is -0.550. The second-order valence-corrected chi connectivity index (χ2v) is 3.49. The summed E-state index contributed by atoms with van der Waals surface area (Å²) in [5.74, 6) is -2.82. The van der Waals surface area contributed by atoms with Gasteiger partial charge in [0.1, 0.15) is 10.7 Å². The fourth-order valence-electron chi connectivity index (χ4n) is 0.745. The molecule has 12 heavy (non-hydrogen) atoms. The molecule has 1 aromatic heterocycles. The van der Waals surface area contributed by atoms with Gasteiger partial charge >= 0.3 is 0 Å². The summed E-state index contributed by atoms with van der Waals surface area (Å²) in [7, 11) is 1.76. The monoisotopic (exact) mass is 192 g/mol. The lowest BCUT2D eigenvalue weighted by molar-refractivity contribution is 0.0132. The molecule has 0 amide bonds. The van der Waals surface area contributed by atoms with Gasteiger partial charge in [0.05, 0.1) is 0 Å². The highest BCUT2D eigenvalue weighted by Gasteiger charge is 2.27. The van der Waals surface area contributed by atoms with Crippen molar-refractivity contribution >= 4 is 11.3 Å². The largest absolute Gasteiger partial charge is 0.314 e. The van der Waals surface area contributed by atoms with E-state index in [0.717, 1.165) is 6.92 Å². The molecule has 5 heteroatoms. The smallest absolute Gasteiger partial charge is 0.287 e. The van der Waals surface area contributed by atoms with Crippen LogP contribution in [0.3, 0.4) is 0 Å². The lowest BCUT2D eigenvalue weighted by Crippen LogP contribution is -2.09. The van der Waals surface area contributed by atoms with Crippen LogP contribution in [0, 0.1) is 0 Å². The highest BCUT2D eigenvalue weighted by atomic mass is 32.1. The molecule has 1 N–H and O–H groups in total. The van der Waals surface area contributed by atoms with Gasteiger partial charge in [-0.05, 0) is 7.05 Å². The zero-order valence-electron chi connectivity index (χ0n) is 6.90. The van der Waals surface area contributed by atoms with Crippen LogP contribution >= 0.6 is 11.3 Å². The molecule has 0 unspecified atom stereocenters. The molecule has 0 aliphatic rings. The average molecular weight is 192 g/mol. The second kappa shape index (κ2) is 3.45. The minimum atomic E-state index is -2.82. The Kier molecular flexibility index (Phi) is 2.74. The first kappa shape index (κ1) is 9.54. The van der Waals surface area contributed by atoms with E-state index in [9.17, 15) is 8.78 Å². The van der Waals surface area contributed by atoms with Crippen molar-refractivity contribution in [1.29, 1.82) is 0 Å². The van der Waals surface area contributed by atoms with Crippen molar-refractivity contribution in [2.45, 2.75) is 19.4 Å². The maximum absolute atomic E-state index is 12.6. The number of nitrogens with zero attached hydrogens (tertiary/aromatic N) is 1. The van der Waals surface area contributed by atoms with Gasteiger partial charge < -0.3 is 5.32 Å². The minimum absolute atomic E-state index is 0.141. The summed E-state index contributed by atoms with van der Waals surface area (Å²) >= 11 is 1.25. The van der Waals surface area contributed by atoms with E-state index in [2.05, 4.69) is 10.3 Å². The third-order valence-corrected chi connectivity index (χ3v) is 2.18. The van der Waals surface area contributed by atoms with E-state index in [4.69, 9.17) is 0 Å². The molecular formula is C7H10F2N2S. The highest BCUT2D eigenvalue weighted by molar-refractivity contribution is 7.09. The van der Waals surface area contributed by atoms with Gasteiger partial charge in [0, 0.05) is 18.8 Å². The first-order chi connectivity index (χ1) is 5.54. The molecular weight excluding hydrogens is 182 g/mol. The number of halogens is 2. The van der Waals surface area contributed by atoms with Crippen molar-refractivity contribution in [2.24, 2.45) is 0 Å². The molecule has 0 aromatic carbocycles. The second-order valence-electron chi connectivity index (χ2n) is 2.55. The molecule has 0 atom stereocenters. The Labute approximate surface area is 73.6 Å². The summed E-state index contributed by atoms with van der Waals surface area (Å²) in [6.07, 6.45) is 0. The quantitative estimate of drug-likeness (QED) is 0.792. The predicted octanol–water partition coefficient (Wildman–Crippen LogP) is 1.97. The van der Waals surface area contributed by atoms with Gasteiger partial charge in [0.15, 0.2) is 0 Å². The van der Waals surface area contributed by atoms with Crippen LogP contribution in [0.25, 0.3) is 0 Å². The van der Waals surface area contributed by atoms with Crippen molar-refractivity contribution in [3.05, 3.63) is 16.1 Å². The van der Waals surface area contributed by atoms with Gasteiger partial charge in [-0.1, -0.05) is 0 Å². The number of rotatable bonds is 3. The number of hydrogen-bond acceptors (Lipinski definition) is 3. The SMILES string of the molecule is CNCc1nc(C(C)(F)F)cs1. The van der Waals surface area contributed by atoms with Crippen LogP contribution in [0.5, 0.6) is 0 Å². The van der Waals surface area contributed by atoms with E-state index < -0.39 is 5.92 Å². The van der Waals surface area contributed by atoms with Crippen molar-refractivity contribution in [2.75, 3.05) is 7.05 Å². The first-order valence-corrected chi connectivity index (χ1v) is 4.39. The summed E-state index contributed by atoms with van der Waals surface area (Å²) in [6, 6.07) is 0. The van der Waals surface area contributed by atoms with Gasteiger partial charge in [-0.3, -0.25) is 0 Å². The third-order valence-electron chi connectivity index (χ3n) is 1.33. The number of thiazole rings is 1. The fourth-order valence-corrected chi connectivity index (χ4v) is 1.63. The molecule has 0 aliphatic carbocycles.